The molecule has 10 rings (SSSR count). The standard InChI is InChI=1S/C19H26O6.C10H17BrO2.C10H12O3/c1-18-12-23-19(24-13-18,25-14-18)8-5-9-20-16-10-21-17(22-11-16)15-6-3-2-4-7-15;1-9-4-5-10(12-7-9,13-8-9)3-2-6-11;11-9-6-12-10(13-7-9)8-4-2-1-3-5-8/h2-4,6-7,16-17H,5,8-14H2,1H3;2-8H2,1H3;1-5,9-11H,6-7H2. The molecule has 8 heterocycles. The van der Waals surface area contributed by atoms with Crippen LogP contribution in [0.3, 0.4) is 0 Å². The van der Waals surface area contributed by atoms with Crippen LogP contribution in [-0.2, 0) is 47.4 Å². The number of aliphatic hydroxyl groups is 1. The summed E-state index contributed by atoms with van der Waals surface area (Å²) in [7, 11) is 0. The number of rotatable bonds is 10. The minimum atomic E-state index is -0.862. The number of hydrogen-bond donors (Lipinski definition) is 1. The van der Waals surface area contributed by atoms with Gasteiger partial charge in [-0.25, -0.2) is 0 Å². The highest BCUT2D eigenvalue weighted by atomic mass is 79.9. The maximum absolute atomic E-state index is 9.12. The van der Waals surface area contributed by atoms with E-state index in [1.54, 1.807) is 0 Å². The molecule has 2 aromatic rings. The maximum Gasteiger partial charge on any atom is 0.283 e. The van der Waals surface area contributed by atoms with Crippen molar-refractivity contribution < 1.29 is 52.5 Å². The molecule has 12 heteroatoms. The minimum absolute atomic E-state index is 0.00428. The van der Waals surface area contributed by atoms with Gasteiger partial charge in [0.15, 0.2) is 18.4 Å². The van der Waals surface area contributed by atoms with Crippen LogP contribution in [0.5, 0.6) is 0 Å². The summed E-state index contributed by atoms with van der Waals surface area (Å²) < 4.78 is 57.0. The second kappa shape index (κ2) is 18.2. The molecule has 8 aliphatic rings. The number of aliphatic hydroxyl groups excluding tert-OH is 1. The van der Waals surface area contributed by atoms with Crippen LogP contribution in [0.1, 0.15) is 76.1 Å². The van der Waals surface area contributed by atoms with Crippen molar-refractivity contribution in [2.24, 2.45) is 10.8 Å². The molecule has 0 aromatic heterocycles. The highest BCUT2D eigenvalue weighted by molar-refractivity contribution is 9.09. The first kappa shape index (κ1) is 39.2. The lowest BCUT2D eigenvalue weighted by atomic mass is 9.79. The van der Waals surface area contributed by atoms with E-state index in [-0.39, 0.29) is 29.9 Å². The lowest BCUT2D eigenvalue weighted by Gasteiger charge is -2.51. The van der Waals surface area contributed by atoms with Gasteiger partial charge in [0.25, 0.3) is 5.97 Å². The molecule has 2 aromatic carbocycles. The average molecular weight is 780 g/mol. The van der Waals surface area contributed by atoms with E-state index in [1.807, 2.05) is 60.7 Å². The highest BCUT2D eigenvalue weighted by Gasteiger charge is 2.50. The van der Waals surface area contributed by atoms with E-state index in [0.717, 1.165) is 55.4 Å². The molecule has 8 saturated heterocycles. The largest absolute Gasteiger partial charge is 0.388 e. The number of halogens is 1. The second-order valence-electron chi connectivity index (χ2n) is 15.0. The third kappa shape index (κ3) is 11.0. The topological polar surface area (TPSA) is 113 Å². The Kier molecular flexibility index (Phi) is 14.0. The van der Waals surface area contributed by atoms with Crippen molar-refractivity contribution in [2.75, 3.05) is 71.4 Å². The van der Waals surface area contributed by atoms with E-state index >= 15 is 0 Å². The number of fused-ring (bicyclic) bond motifs is 6. The lowest BCUT2D eigenvalue weighted by molar-refractivity contribution is -0.467. The first-order valence-corrected chi connectivity index (χ1v) is 19.4. The van der Waals surface area contributed by atoms with Gasteiger partial charge >= 0.3 is 0 Å². The van der Waals surface area contributed by atoms with Crippen LogP contribution >= 0.6 is 15.9 Å². The van der Waals surface area contributed by atoms with Gasteiger partial charge in [-0.15, -0.1) is 0 Å². The van der Waals surface area contributed by atoms with Crippen molar-refractivity contribution in [3.63, 3.8) is 0 Å². The van der Waals surface area contributed by atoms with Gasteiger partial charge in [0.1, 0.15) is 12.2 Å². The Hall–Kier alpha value is -1.52. The van der Waals surface area contributed by atoms with Crippen LogP contribution < -0.4 is 0 Å². The molecule has 0 aliphatic carbocycles. The molecule has 8 aliphatic heterocycles. The molecular formula is C39H55BrO11. The molecule has 0 amide bonds. The van der Waals surface area contributed by atoms with Crippen molar-refractivity contribution in [1.82, 2.24) is 0 Å². The third-order valence-electron chi connectivity index (χ3n) is 9.96. The summed E-state index contributed by atoms with van der Waals surface area (Å²) in [4.78, 5) is 0. The molecular weight excluding hydrogens is 724 g/mol. The van der Waals surface area contributed by atoms with Gasteiger partial charge in [-0.1, -0.05) is 90.4 Å². The summed E-state index contributed by atoms with van der Waals surface area (Å²) >= 11 is 3.44. The molecule has 8 fully saturated rings. The average Bonchev–Trinajstić information content (AvgIpc) is 3.19. The summed E-state index contributed by atoms with van der Waals surface area (Å²) in [6.07, 6.45) is 4.84. The Morgan fingerprint density at radius 1 is 0.647 bits per heavy atom. The molecule has 4 bridgehead atoms. The molecule has 51 heavy (non-hydrogen) atoms. The molecule has 11 nitrogen and oxygen atoms in total. The Labute approximate surface area is 310 Å². The molecule has 0 atom stereocenters. The van der Waals surface area contributed by atoms with Crippen LogP contribution in [0.2, 0.25) is 0 Å². The summed E-state index contributed by atoms with van der Waals surface area (Å²) in [6.45, 7) is 10.6. The Morgan fingerprint density at radius 3 is 1.65 bits per heavy atom. The van der Waals surface area contributed by atoms with E-state index in [2.05, 4.69) is 29.8 Å². The summed E-state index contributed by atoms with van der Waals surface area (Å²) in [6, 6.07) is 19.7. The van der Waals surface area contributed by atoms with Crippen molar-refractivity contribution in [3.8, 4) is 0 Å². The maximum atomic E-state index is 9.12. The zero-order chi connectivity index (χ0) is 35.6. The van der Waals surface area contributed by atoms with Crippen LogP contribution in [0, 0.1) is 10.8 Å². The fourth-order valence-corrected chi connectivity index (χ4v) is 6.90. The van der Waals surface area contributed by atoms with E-state index in [1.165, 1.54) is 6.42 Å². The van der Waals surface area contributed by atoms with Gasteiger partial charge in [0.2, 0.25) is 0 Å². The predicted octanol–water partition coefficient (Wildman–Crippen LogP) is 6.43. The zero-order valence-corrected chi connectivity index (χ0v) is 31.6. The van der Waals surface area contributed by atoms with Gasteiger partial charge in [-0.2, -0.15) is 0 Å². The summed E-state index contributed by atoms with van der Waals surface area (Å²) in [5.74, 6) is -1.08. The Bertz CT molecular complexity index is 1250. The van der Waals surface area contributed by atoms with Gasteiger partial charge < -0.3 is 52.5 Å². The molecule has 0 unspecified atom stereocenters. The van der Waals surface area contributed by atoms with Crippen molar-refractivity contribution in [3.05, 3.63) is 71.8 Å². The van der Waals surface area contributed by atoms with E-state index in [9.17, 15) is 0 Å². The first-order valence-electron chi connectivity index (χ1n) is 18.3. The molecule has 284 valence electrons. The highest BCUT2D eigenvalue weighted by Crippen LogP contribution is 2.45. The SMILES string of the molecule is CC12CCC(CCCBr)(OC1)OC2.CC12COC(CCCOC3COC(c4ccccc4)OC3)(OC1)OC2.OC1COC(c2ccccc2)OC1. The molecule has 1 N–H and O–H groups in total. The van der Waals surface area contributed by atoms with E-state index in [0.29, 0.717) is 64.7 Å². The van der Waals surface area contributed by atoms with Crippen LogP contribution in [0.4, 0.5) is 0 Å². The third-order valence-corrected chi connectivity index (χ3v) is 10.5. The molecule has 0 saturated carbocycles. The first-order chi connectivity index (χ1) is 24.7. The monoisotopic (exact) mass is 778 g/mol. The van der Waals surface area contributed by atoms with Gasteiger partial charge in [-0.3, -0.25) is 0 Å². The Balaban J connectivity index is 0.000000145. The van der Waals surface area contributed by atoms with Gasteiger partial charge in [0.05, 0.1) is 59.5 Å². The smallest absolute Gasteiger partial charge is 0.283 e. The fraction of sp³-hybridized carbons (Fsp3) is 0.692. The van der Waals surface area contributed by atoms with Crippen LogP contribution in [-0.4, -0.2) is 100 Å². The minimum Gasteiger partial charge on any atom is -0.388 e. The fourth-order valence-electron chi connectivity index (χ4n) is 6.62. The van der Waals surface area contributed by atoms with Crippen molar-refractivity contribution >= 4 is 15.9 Å². The number of benzene rings is 2. The number of alkyl halides is 1. The predicted molar refractivity (Wildman–Crippen MR) is 191 cm³/mol. The molecule has 0 radical (unpaired) electrons. The van der Waals surface area contributed by atoms with Gasteiger partial charge in [-0.05, 0) is 19.3 Å². The summed E-state index contributed by atoms with van der Waals surface area (Å²) in [5, 5.41) is 10.2. The van der Waals surface area contributed by atoms with Crippen LogP contribution in [0.25, 0.3) is 0 Å². The molecule has 0 spiro atoms. The number of hydrogen-bond acceptors (Lipinski definition) is 11. The normalized spacial score (nSPS) is 37.1. The van der Waals surface area contributed by atoms with Crippen molar-refractivity contribution in [2.45, 2.75) is 88.9 Å². The quantitative estimate of drug-likeness (QED) is 0.213. The second-order valence-corrected chi connectivity index (χ2v) is 15.8. The van der Waals surface area contributed by atoms with E-state index < -0.39 is 12.1 Å². The van der Waals surface area contributed by atoms with Crippen molar-refractivity contribution in [1.29, 1.82) is 0 Å². The Morgan fingerprint density at radius 2 is 1.16 bits per heavy atom. The number of ether oxygens (including phenoxy) is 10. The van der Waals surface area contributed by atoms with E-state index in [4.69, 9.17) is 52.5 Å². The van der Waals surface area contributed by atoms with Crippen LogP contribution in [0.15, 0.2) is 60.7 Å². The summed E-state index contributed by atoms with van der Waals surface area (Å²) in [5.41, 5.74) is 2.34. The van der Waals surface area contributed by atoms with Gasteiger partial charge in [0, 0.05) is 53.2 Å². The lowest BCUT2D eigenvalue weighted by Crippen LogP contribution is -2.58. The zero-order valence-electron chi connectivity index (χ0n) is 30.0.